The summed E-state index contributed by atoms with van der Waals surface area (Å²) < 4.78 is 37.3. The van der Waals surface area contributed by atoms with Crippen molar-refractivity contribution in [3.63, 3.8) is 0 Å². The highest BCUT2D eigenvalue weighted by Gasteiger charge is 2.51. The summed E-state index contributed by atoms with van der Waals surface area (Å²) in [6.07, 6.45) is 43.2. The number of alkyl halides is 1. The molecule has 4 atom stereocenters. The summed E-state index contributed by atoms with van der Waals surface area (Å²) in [5, 5.41) is 6.63. The van der Waals surface area contributed by atoms with Gasteiger partial charge in [-0.1, -0.05) is 275 Å². The largest absolute Gasteiger partial charge is 0.407 e. The minimum Gasteiger partial charge on any atom is -0.407 e. The van der Waals surface area contributed by atoms with E-state index >= 15 is 0 Å². The Bertz CT molecular complexity index is 2470. The SMILES string of the molecule is C=C[C@@H](CCCC)OC1CCCCO1.CC(C)(C)[Si](OCCCCC#CCCCCCCCBr)(c1ccccc1)c1ccccc1.CCCC[C@H](/C=C\CCCCCCCC#CCCCCO[Si](c1ccccc1)(c1ccccc1)C(C)(C)C)OC1CCCCO1. The first kappa shape index (κ1) is 79.6. The molecule has 4 aromatic rings. The first-order valence-corrected chi connectivity index (χ1v) is 41.1. The number of hydrogen-bond acceptors (Lipinski definition) is 6. The van der Waals surface area contributed by atoms with Crippen LogP contribution < -0.4 is 20.7 Å². The standard InChI is InChI=1S/C41H62O3Si.C29H41BrOSi.C12H22O2/c1-5-6-28-37(44-40-34-25-27-35-42-40)29-20-16-14-12-10-8-7-9-11-13-15-17-26-36-43-45(41(2,3)4,38-30-21-18-22-31-38)39-32-23-19-24-33-39;1-29(2,3)32(27-21-15-13-16-22-27,28-23-17-14-18-24-28)31-26-20-12-10-8-6-4-5-7-9-11-19-25-30;1-3-5-8-11(4-2)14-12-9-6-7-10-13-12/h18-24,29-33,37,40H,5-10,12,14-17,25-28,34-36H2,1-4H3;13-18,21-24H,4-5,7,9-12,19-20,25-26H2,1-3H3;4,11-12H,2-3,5-10H2,1H3/b29-20-;;/t37-,40?;;11-,12?/m1.0/s1. The molecular weight excluding hydrogens is 1220 g/mol. The van der Waals surface area contributed by atoms with Gasteiger partial charge in [-0.2, -0.15) is 0 Å². The molecule has 504 valence electrons. The lowest BCUT2D eigenvalue weighted by atomic mass is 10.1. The molecule has 2 aliphatic rings. The van der Waals surface area contributed by atoms with Crippen LogP contribution in [0, 0.1) is 23.7 Å². The Balaban J connectivity index is 0.000000331. The maximum absolute atomic E-state index is 7.01. The molecule has 2 aliphatic heterocycles. The third-order valence-corrected chi connectivity index (χ3v) is 28.1. The molecule has 0 saturated carbocycles. The Hall–Kier alpha value is -3.85. The Morgan fingerprint density at radius 1 is 0.473 bits per heavy atom. The van der Waals surface area contributed by atoms with Gasteiger partial charge in [-0.05, 0) is 140 Å². The van der Waals surface area contributed by atoms with Crippen LogP contribution in [0.2, 0.25) is 10.1 Å². The normalized spacial score (nSPS) is 16.0. The van der Waals surface area contributed by atoms with E-state index in [1.807, 2.05) is 6.08 Å². The van der Waals surface area contributed by atoms with Gasteiger partial charge in [0.15, 0.2) is 12.6 Å². The average Bonchev–Trinajstić information content (AvgIpc) is 0.809. The average molecular weight is 1340 g/mol. The molecule has 6 nitrogen and oxygen atoms in total. The number of ether oxygens (including phenoxy) is 4. The van der Waals surface area contributed by atoms with Crippen LogP contribution in [-0.2, 0) is 27.8 Å². The number of halogens is 1. The molecule has 0 radical (unpaired) electrons. The fourth-order valence-electron chi connectivity index (χ4n) is 12.3. The van der Waals surface area contributed by atoms with Gasteiger partial charge >= 0.3 is 0 Å². The molecule has 2 unspecified atom stereocenters. The van der Waals surface area contributed by atoms with Gasteiger partial charge in [0.25, 0.3) is 16.6 Å². The van der Waals surface area contributed by atoms with Crippen molar-refractivity contribution >= 4 is 53.3 Å². The van der Waals surface area contributed by atoms with Gasteiger partial charge in [-0.3, -0.25) is 0 Å². The minimum atomic E-state index is -2.42. The third kappa shape index (κ3) is 31.1. The molecule has 0 spiro atoms. The molecule has 0 amide bonds. The van der Waals surface area contributed by atoms with E-state index in [0.717, 1.165) is 115 Å². The number of unbranched alkanes of at least 4 members (excludes halogenated alkanes) is 17. The lowest BCUT2D eigenvalue weighted by Crippen LogP contribution is -2.66. The van der Waals surface area contributed by atoms with E-state index in [9.17, 15) is 0 Å². The highest BCUT2D eigenvalue weighted by molar-refractivity contribution is 9.09. The van der Waals surface area contributed by atoms with Gasteiger partial charge in [-0.25, -0.2) is 0 Å². The van der Waals surface area contributed by atoms with E-state index in [1.165, 1.54) is 136 Å². The summed E-state index contributed by atoms with van der Waals surface area (Å²) in [5.74, 6) is 13.6. The van der Waals surface area contributed by atoms with Crippen molar-refractivity contribution in [3.05, 3.63) is 146 Å². The molecule has 4 aromatic carbocycles. The number of allylic oxidation sites excluding steroid dienone is 1. The topological polar surface area (TPSA) is 55.4 Å². The minimum absolute atomic E-state index is 0.00227. The van der Waals surface area contributed by atoms with Crippen LogP contribution in [0.25, 0.3) is 0 Å². The molecule has 0 N–H and O–H groups in total. The van der Waals surface area contributed by atoms with Gasteiger partial charge in [0.1, 0.15) is 0 Å². The second-order valence-corrected chi connectivity index (χ2v) is 36.5. The van der Waals surface area contributed by atoms with Gasteiger partial charge in [0, 0.05) is 57.4 Å². The molecule has 2 fully saturated rings. The van der Waals surface area contributed by atoms with Crippen molar-refractivity contribution in [2.24, 2.45) is 0 Å². The van der Waals surface area contributed by atoms with Crippen molar-refractivity contribution in [1.29, 1.82) is 0 Å². The van der Waals surface area contributed by atoms with Crippen molar-refractivity contribution in [2.45, 2.75) is 289 Å². The van der Waals surface area contributed by atoms with Crippen molar-refractivity contribution in [3.8, 4) is 23.7 Å². The number of hydrogen-bond donors (Lipinski definition) is 0. The van der Waals surface area contributed by atoms with Crippen LogP contribution in [0.15, 0.2) is 146 Å². The van der Waals surface area contributed by atoms with Gasteiger partial charge in [0.2, 0.25) is 0 Å². The Labute approximate surface area is 568 Å². The Morgan fingerprint density at radius 2 is 0.824 bits per heavy atom. The molecule has 91 heavy (non-hydrogen) atoms. The summed E-state index contributed by atoms with van der Waals surface area (Å²) in [5.41, 5.74) is 0. The maximum atomic E-state index is 7.01. The smallest absolute Gasteiger partial charge is 0.261 e. The van der Waals surface area contributed by atoms with Crippen LogP contribution in [-0.4, -0.2) is 73.2 Å². The highest BCUT2D eigenvalue weighted by Crippen LogP contribution is 2.38. The van der Waals surface area contributed by atoms with Crippen molar-refractivity contribution < 1.29 is 27.8 Å². The summed E-state index contributed by atoms with van der Waals surface area (Å²) in [4.78, 5) is 0. The number of benzene rings is 4. The van der Waals surface area contributed by atoms with E-state index < -0.39 is 16.6 Å². The second kappa shape index (κ2) is 48.8. The van der Waals surface area contributed by atoms with Crippen LogP contribution in [0.4, 0.5) is 0 Å². The molecule has 9 heteroatoms. The van der Waals surface area contributed by atoms with Gasteiger partial charge < -0.3 is 27.8 Å². The third-order valence-electron chi connectivity index (χ3n) is 17.4. The maximum Gasteiger partial charge on any atom is 0.261 e. The van der Waals surface area contributed by atoms with Crippen LogP contribution in [0.5, 0.6) is 0 Å². The van der Waals surface area contributed by atoms with E-state index in [4.69, 9.17) is 27.8 Å². The van der Waals surface area contributed by atoms with Crippen molar-refractivity contribution in [1.82, 2.24) is 0 Å². The van der Waals surface area contributed by atoms with Crippen LogP contribution in [0.3, 0.4) is 0 Å². The predicted molar refractivity (Wildman–Crippen MR) is 400 cm³/mol. The lowest BCUT2D eigenvalue weighted by molar-refractivity contribution is -0.179. The predicted octanol–water partition coefficient (Wildman–Crippen LogP) is 20.9. The van der Waals surface area contributed by atoms with Crippen LogP contribution in [0.1, 0.15) is 254 Å². The van der Waals surface area contributed by atoms with E-state index in [2.05, 4.69) is 235 Å². The molecule has 2 saturated heterocycles. The highest BCUT2D eigenvalue weighted by atomic mass is 79.9. The molecule has 0 bridgehead atoms. The first-order valence-electron chi connectivity index (χ1n) is 36.2. The quantitative estimate of drug-likeness (QED) is 0.0146. The molecular formula is C82H125BrO6Si2. The summed E-state index contributed by atoms with van der Waals surface area (Å²) in [6.45, 7) is 25.6. The summed E-state index contributed by atoms with van der Waals surface area (Å²) in [6, 6.07) is 43.7. The zero-order valence-electron chi connectivity index (χ0n) is 58.6. The fourth-order valence-corrected chi connectivity index (χ4v) is 21.9. The second-order valence-electron chi connectivity index (χ2n) is 27.0. The zero-order valence-corrected chi connectivity index (χ0v) is 62.2. The number of rotatable bonds is 39. The van der Waals surface area contributed by atoms with Crippen molar-refractivity contribution in [2.75, 3.05) is 31.8 Å². The molecule has 0 aromatic heterocycles. The fraction of sp³-hybridized carbons (Fsp3) is 0.610. The molecule has 2 heterocycles. The Kier molecular flexibility index (Phi) is 42.7. The lowest BCUT2D eigenvalue weighted by Gasteiger charge is -2.43. The summed E-state index contributed by atoms with van der Waals surface area (Å²) in [7, 11) is -4.81. The summed E-state index contributed by atoms with van der Waals surface area (Å²) >= 11 is 3.49. The van der Waals surface area contributed by atoms with E-state index in [-0.39, 0.29) is 34.9 Å². The van der Waals surface area contributed by atoms with Crippen LogP contribution >= 0.6 is 15.9 Å². The monoisotopic (exact) mass is 1340 g/mol. The van der Waals surface area contributed by atoms with Gasteiger partial charge in [0.05, 0.1) is 12.2 Å². The first-order chi connectivity index (χ1) is 44.4. The Morgan fingerprint density at radius 3 is 1.18 bits per heavy atom. The molecule has 0 aliphatic carbocycles. The zero-order chi connectivity index (χ0) is 65.4. The molecule has 6 rings (SSSR count). The van der Waals surface area contributed by atoms with Gasteiger partial charge in [-0.15, -0.1) is 30.3 Å². The van der Waals surface area contributed by atoms with E-state index in [1.54, 1.807) is 0 Å². The van der Waals surface area contributed by atoms with E-state index in [0.29, 0.717) is 0 Å².